The fourth-order valence-electron chi connectivity index (χ4n) is 1.20. The van der Waals surface area contributed by atoms with Gasteiger partial charge in [0.1, 0.15) is 6.04 Å². The Hall–Kier alpha value is -0.940. The van der Waals surface area contributed by atoms with E-state index in [4.69, 9.17) is 4.74 Å². The van der Waals surface area contributed by atoms with Gasteiger partial charge in [0.15, 0.2) is 0 Å². The van der Waals surface area contributed by atoms with Gasteiger partial charge in [-0.3, -0.25) is 5.32 Å². The van der Waals surface area contributed by atoms with Gasteiger partial charge in [-0.2, -0.15) is 0 Å². The van der Waals surface area contributed by atoms with Crippen molar-refractivity contribution in [2.24, 2.45) is 0 Å². The van der Waals surface area contributed by atoms with E-state index >= 15 is 0 Å². The highest BCUT2D eigenvalue weighted by atomic mass is 32.1. The summed E-state index contributed by atoms with van der Waals surface area (Å²) in [5, 5.41) is 4.99. The third-order valence-electron chi connectivity index (χ3n) is 1.77. The third kappa shape index (κ3) is 3.60. The molecule has 0 spiro atoms. The lowest BCUT2D eigenvalue weighted by atomic mass is 10.2. The molecular formula is C10H16N2O2S. The fraction of sp³-hybridized carbons (Fsp3) is 0.600. The van der Waals surface area contributed by atoms with Gasteiger partial charge in [-0.25, -0.2) is 9.78 Å². The van der Waals surface area contributed by atoms with Crippen LogP contribution in [0, 0.1) is 0 Å². The molecule has 0 aromatic carbocycles. The number of ether oxygens (including phenoxy) is 1. The van der Waals surface area contributed by atoms with Crippen molar-refractivity contribution in [2.45, 2.75) is 32.9 Å². The fourth-order valence-corrected chi connectivity index (χ4v) is 1.78. The molecule has 0 aliphatic carbocycles. The molecule has 1 rings (SSSR count). The lowest BCUT2D eigenvalue weighted by Crippen LogP contribution is -2.35. The van der Waals surface area contributed by atoms with E-state index in [1.54, 1.807) is 12.4 Å². The number of aromatic nitrogens is 1. The number of carbonyl (C=O) groups excluding carboxylic acids is 1. The highest BCUT2D eigenvalue weighted by Crippen LogP contribution is 2.15. The molecule has 1 aromatic heterocycles. The van der Waals surface area contributed by atoms with Crippen molar-refractivity contribution in [3.8, 4) is 0 Å². The Morgan fingerprint density at radius 1 is 1.67 bits per heavy atom. The summed E-state index contributed by atoms with van der Waals surface area (Å²) in [5.41, 5.74) is 2.44. The SMILES string of the molecule is CCOC(=O)C(NC(C)C)c1cscn1. The molecule has 84 valence electrons. The first-order valence-electron chi connectivity index (χ1n) is 4.96. The molecule has 1 atom stereocenters. The van der Waals surface area contributed by atoms with Crippen LogP contribution >= 0.6 is 11.3 Å². The second kappa shape index (κ2) is 5.82. The summed E-state index contributed by atoms with van der Waals surface area (Å²) in [4.78, 5) is 15.8. The molecule has 0 saturated heterocycles. The molecule has 15 heavy (non-hydrogen) atoms. The quantitative estimate of drug-likeness (QED) is 0.780. The predicted molar refractivity (Wildman–Crippen MR) is 59.8 cm³/mol. The molecule has 5 heteroatoms. The minimum Gasteiger partial charge on any atom is -0.465 e. The Morgan fingerprint density at radius 2 is 2.40 bits per heavy atom. The zero-order chi connectivity index (χ0) is 11.3. The highest BCUT2D eigenvalue weighted by molar-refractivity contribution is 7.07. The number of carbonyl (C=O) groups is 1. The number of nitrogens with one attached hydrogen (secondary N) is 1. The molecule has 1 unspecified atom stereocenters. The van der Waals surface area contributed by atoms with Crippen LogP contribution in [0.4, 0.5) is 0 Å². The second-order valence-electron chi connectivity index (χ2n) is 3.42. The monoisotopic (exact) mass is 228 g/mol. The van der Waals surface area contributed by atoms with Crippen LogP contribution in [0.1, 0.15) is 32.5 Å². The number of esters is 1. The molecule has 1 N–H and O–H groups in total. The summed E-state index contributed by atoms with van der Waals surface area (Å²) in [5.74, 6) is -0.267. The van der Waals surface area contributed by atoms with E-state index in [9.17, 15) is 4.79 Å². The maximum atomic E-state index is 11.7. The number of hydrogen-bond acceptors (Lipinski definition) is 5. The molecule has 4 nitrogen and oxygen atoms in total. The summed E-state index contributed by atoms with van der Waals surface area (Å²) in [6, 6.07) is -0.239. The first-order chi connectivity index (χ1) is 7.15. The van der Waals surface area contributed by atoms with Gasteiger partial charge >= 0.3 is 5.97 Å². The summed E-state index contributed by atoms with van der Waals surface area (Å²) in [6.45, 7) is 6.15. The van der Waals surface area contributed by atoms with Gasteiger partial charge < -0.3 is 4.74 Å². The molecule has 0 amide bonds. The van der Waals surface area contributed by atoms with Crippen molar-refractivity contribution in [1.29, 1.82) is 0 Å². The predicted octanol–water partition coefficient (Wildman–Crippen LogP) is 1.75. The van der Waals surface area contributed by atoms with Gasteiger partial charge in [-0.15, -0.1) is 11.3 Å². The largest absolute Gasteiger partial charge is 0.465 e. The normalized spacial score (nSPS) is 12.8. The van der Waals surface area contributed by atoms with Crippen molar-refractivity contribution >= 4 is 17.3 Å². The van der Waals surface area contributed by atoms with Crippen LogP contribution in [-0.2, 0) is 9.53 Å². The Kier molecular flexibility index (Phi) is 4.71. The maximum Gasteiger partial charge on any atom is 0.329 e. The summed E-state index contributed by atoms with van der Waals surface area (Å²) in [6.07, 6.45) is 0. The first kappa shape index (κ1) is 12.1. The topological polar surface area (TPSA) is 51.2 Å². The highest BCUT2D eigenvalue weighted by Gasteiger charge is 2.23. The van der Waals surface area contributed by atoms with E-state index in [2.05, 4.69) is 10.3 Å². The Labute approximate surface area is 93.7 Å². The van der Waals surface area contributed by atoms with E-state index in [0.717, 1.165) is 5.69 Å². The average molecular weight is 228 g/mol. The summed E-state index contributed by atoms with van der Waals surface area (Å²) < 4.78 is 4.99. The third-order valence-corrected chi connectivity index (χ3v) is 2.37. The summed E-state index contributed by atoms with van der Waals surface area (Å²) >= 11 is 1.47. The smallest absolute Gasteiger partial charge is 0.329 e. The Bertz CT molecular complexity index is 298. The standard InChI is InChI=1S/C10H16N2O2S/c1-4-14-10(13)9(12-7(2)3)8-5-15-6-11-8/h5-7,9,12H,4H2,1-3H3. The zero-order valence-corrected chi connectivity index (χ0v) is 10.0. The van der Waals surface area contributed by atoms with Gasteiger partial charge in [-0.05, 0) is 20.8 Å². The Balaban J connectivity index is 2.74. The van der Waals surface area contributed by atoms with E-state index in [0.29, 0.717) is 6.61 Å². The van der Waals surface area contributed by atoms with Crippen molar-refractivity contribution < 1.29 is 9.53 Å². The number of thiazole rings is 1. The van der Waals surface area contributed by atoms with Gasteiger partial charge in [0.25, 0.3) is 0 Å². The van der Waals surface area contributed by atoms with Gasteiger partial charge in [0.2, 0.25) is 0 Å². The van der Waals surface area contributed by atoms with E-state index < -0.39 is 6.04 Å². The van der Waals surface area contributed by atoms with Crippen molar-refractivity contribution in [3.63, 3.8) is 0 Å². The van der Waals surface area contributed by atoms with E-state index in [1.807, 2.05) is 19.2 Å². The molecule has 1 heterocycles. The van der Waals surface area contributed by atoms with Gasteiger partial charge in [0.05, 0.1) is 17.8 Å². The molecule has 1 aromatic rings. The van der Waals surface area contributed by atoms with Crippen molar-refractivity contribution in [3.05, 3.63) is 16.6 Å². The van der Waals surface area contributed by atoms with Crippen LogP contribution in [0.3, 0.4) is 0 Å². The van der Waals surface area contributed by atoms with Crippen molar-refractivity contribution in [1.82, 2.24) is 10.3 Å². The average Bonchev–Trinajstić information content (AvgIpc) is 2.66. The molecule has 0 radical (unpaired) electrons. The van der Waals surface area contributed by atoms with Crippen LogP contribution in [0.5, 0.6) is 0 Å². The first-order valence-corrected chi connectivity index (χ1v) is 5.90. The number of rotatable bonds is 5. The van der Waals surface area contributed by atoms with Crippen LogP contribution in [0.15, 0.2) is 10.9 Å². The van der Waals surface area contributed by atoms with Crippen LogP contribution in [-0.4, -0.2) is 23.6 Å². The molecule has 0 aliphatic heterocycles. The maximum absolute atomic E-state index is 11.7. The van der Waals surface area contributed by atoms with Crippen LogP contribution < -0.4 is 5.32 Å². The number of hydrogen-bond donors (Lipinski definition) is 1. The van der Waals surface area contributed by atoms with Gasteiger partial charge in [-0.1, -0.05) is 0 Å². The molecule has 0 bridgehead atoms. The molecule has 0 saturated carbocycles. The molecule has 0 aliphatic rings. The molecular weight excluding hydrogens is 212 g/mol. The lowest BCUT2D eigenvalue weighted by Gasteiger charge is -2.17. The minimum atomic E-state index is -0.448. The molecule has 0 fully saturated rings. The zero-order valence-electron chi connectivity index (χ0n) is 9.19. The van der Waals surface area contributed by atoms with Crippen molar-refractivity contribution in [2.75, 3.05) is 6.61 Å². The second-order valence-corrected chi connectivity index (χ2v) is 4.14. The number of nitrogens with zero attached hydrogens (tertiary/aromatic N) is 1. The Morgan fingerprint density at radius 3 is 2.87 bits per heavy atom. The van der Waals surface area contributed by atoms with Crippen LogP contribution in [0.25, 0.3) is 0 Å². The van der Waals surface area contributed by atoms with E-state index in [-0.39, 0.29) is 12.0 Å². The minimum absolute atomic E-state index is 0.209. The van der Waals surface area contributed by atoms with Crippen LogP contribution in [0.2, 0.25) is 0 Å². The van der Waals surface area contributed by atoms with Gasteiger partial charge in [0, 0.05) is 11.4 Å². The summed E-state index contributed by atoms with van der Waals surface area (Å²) in [7, 11) is 0. The van der Waals surface area contributed by atoms with E-state index in [1.165, 1.54) is 11.3 Å². The lowest BCUT2D eigenvalue weighted by molar-refractivity contribution is -0.146.